The van der Waals surface area contributed by atoms with E-state index in [1.54, 1.807) is 19.1 Å². The number of hydrogen-bond acceptors (Lipinski definition) is 4. The van der Waals surface area contributed by atoms with Crippen LogP contribution in [0.25, 0.3) is 0 Å². The average Bonchev–Trinajstić information content (AvgIpc) is 2.56. The Morgan fingerprint density at radius 3 is 2.73 bits per heavy atom. The largest absolute Gasteiger partial charge is 0.497 e. The van der Waals surface area contributed by atoms with Crippen LogP contribution in [0.5, 0.6) is 11.5 Å². The first-order chi connectivity index (χ1) is 10.7. The maximum absolute atomic E-state index is 5.35. The second kappa shape index (κ2) is 8.77. The lowest BCUT2D eigenvalue weighted by Gasteiger charge is -2.24. The summed E-state index contributed by atoms with van der Waals surface area (Å²) < 4.78 is 15.9. The standard InChI is InChI=1S/C15H23N3O3S/c1-19-12-3-4-13(14(11-12)20-2)17-15(22)16-5-6-18-7-9-21-10-8-18/h3-4,11H,5-10H2,1-2H3,(H2,16,17,22)/p+1. The van der Waals surface area contributed by atoms with Crippen molar-refractivity contribution in [1.29, 1.82) is 0 Å². The van der Waals surface area contributed by atoms with Gasteiger partial charge in [0.25, 0.3) is 0 Å². The lowest BCUT2D eigenvalue weighted by molar-refractivity contribution is -0.906. The Labute approximate surface area is 136 Å². The van der Waals surface area contributed by atoms with E-state index in [0.29, 0.717) is 10.9 Å². The summed E-state index contributed by atoms with van der Waals surface area (Å²) in [7, 11) is 3.25. The molecule has 1 aromatic rings. The van der Waals surface area contributed by atoms with Gasteiger partial charge in [-0.1, -0.05) is 0 Å². The molecule has 1 aliphatic heterocycles. The van der Waals surface area contributed by atoms with Crippen LogP contribution in [0.2, 0.25) is 0 Å². The fourth-order valence-electron chi connectivity index (χ4n) is 2.33. The van der Waals surface area contributed by atoms with Crippen molar-refractivity contribution in [3.63, 3.8) is 0 Å². The number of thiocarbonyl (C=S) groups is 1. The highest BCUT2D eigenvalue weighted by Gasteiger charge is 2.13. The minimum absolute atomic E-state index is 0.594. The minimum atomic E-state index is 0.594. The van der Waals surface area contributed by atoms with Crippen molar-refractivity contribution in [3.05, 3.63) is 18.2 Å². The Bertz CT molecular complexity index is 493. The van der Waals surface area contributed by atoms with Crippen molar-refractivity contribution in [2.24, 2.45) is 0 Å². The van der Waals surface area contributed by atoms with E-state index >= 15 is 0 Å². The van der Waals surface area contributed by atoms with Crippen molar-refractivity contribution >= 4 is 23.0 Å². The summed E-state index contributed by atoms with van der Waals surface area (Å²) >= 11 is 5.33. The molecule has 2 rings (SSSR count). The van der Waals surface area contributed by atoms with Gasteiger partial charge in [-0.05, 0) is 24.4 Å². The molecule has 1 fully saturated rings. The third kappa shape index (κ3) is 5.01. The van der Waals surface area contributed by atoms with Gasteiger partial charge >= 0.3 is 0 Å². The molecule has 6 nitrogen and oxygen atoms in total. The molecule has 1 saturated heterocycles. The Morgan fingerprint density at radius 1 is 1.27 bits per heavy atom. The number of morpholine rings is 1. The van der Waals surface area contributed by atoms with Gasteiger partial charge in [0.15, 0.2) is 5.11 Å². The molecule has 1 heterocycles. The number of ether oxygens (including phenoxy) is 3. The summed E-state index contributed by atoms with van der Waals surface area (Å²) in [4.78, 5) is 1.54. The van der Waals surface area contributed by atoms with Crippen LogP contribution in [-0.4, -0.2) is 58.7 Å². The Balaban J connectivity index is 1.78. The number of methoxy groups -OCH3 is 2. The monoisotopic (exact) mass is 326 g/mol. The first-order valence-electron chi connectivity index (χ1n) is 7.41. The smallest absolute Gasteiger partial charge is 0.171 e. The summed E-state index contributed by atoms with van der Waals surface area (Å²) in [6, 6.07) is 5.58. The highest BCUT2D eigenvalue weighted by atomic mass is 32.1. The average molecular weight is 326 g/mol. The van der Waals surface area contributed by atoms with Crippen LogP contribution in [-0.2, 0) is 4.74 Å². The van der Waals surface area contributed by atoms with Crippen molar-refractivity contribution < 1.29 is 19.1 Å². The van der Waals surface area contributed by atoms with E-state index in [1.165, 1.54) is 0 Å². The zero-order valence-corrected chi connectivity index (χ0v) is 13.9. The predicted octanol–water partition coefficient (Wildman–Crippen LogP) is -0.0947. The SMILES string of the molecule is COc1ccc(NC(=S)NCC[NH+]2CCOCC2)c(OC)c1. The van der Waals surface area contributed by atoms with Gasteiger partial charge in [0.2, 0.25) is 0 Å². The van der Waals surface area contributed by atoms with Crippen molar-refractivity contribution in [2.45, 2.75) is 0 Å². The molecule has 7 heteroatoms. The van der Waals surface area contributed by atoms with E-state index in [4.69, 9.17) is 26.4 Å². The molecule has 122 valence electrons. The van der Waals surface area contributed by atoms with E-state index < -0.39 is 0 Å². The molecule has 0 unspecified atom stereocenters. The molecule has 0 radical (unpaired) electrons. The second-order valence-corrected chi connectivity index (χ2v) is 5.47. The molecular weight excluding hydrogens is 302 g/mol. The molecule has 22 heavy (non-hydrogen) atoms. The van der Waals surface area contributed by atoms with E-state index in [9.17, 15) is 0 Å². The van der Waals surface area contributed by atoms with Crippen molar-refractivity contribution in [2.75, 3.05) is 58.9 Å². The summed E-state index contributed by atoms with van der Waals surface area (Å²) in [5, 5.41) is 6.98. The van der Waals surface area contributed by atoms with Crippen LogP contribution in [0.3, 0.4) is 0 Å². The molecule has 1 aromatic carbocycles. The molecule has 1 aliphatic rings. The summed E-state index contributed by atoms with van der Waals surface area (Å²) in [6.45, 7) is 5.69. The first-order valence-corrected chi connectivity index (χ1v) is 7.82. The Hall–Kier alpha value is -1.57. The quantitative estimate of drug-likeness (QED) is 0.635. The molecule has 3 N–H and O–H groups in total. The van der Waals surface area contributed by atoms with Gasteiger partial charge in [0, 0.05) is 6.07 Å². The van der Waals surface area contributed by atoms with Gasteiger partial charge in [-0.25, -0.2) is 0 Å². The number of hydrogen-bond donors (Lipinski definition) is 3. The maximum Gasteiger partial charge on any atom is 0.171 e. The topological polar surface area (TPSA) is 56.2 Å². The minimum Gasteiger partial charge on any atom is -0.497 e. The predicted molar refractivity (Wildman–Crippen MR) is 90.2 cm³/mol. The maximum atomic E-state index is 5.35. The highest BCUT2D eigenvalue weighted by molar-refractivity contribution is 7.80. The lowest BCUT2D eigenvalue weighted by Crippen LogP contribution is -3.14. The van der Waals surface area contributed by atoms with E-state index in [2.05, 4.69) is 10.6 Å². The highest BCUT2D eigenvalue weighted by Crippen LogP contribution is 2.28. The summed E-state index contributed by atoms with van der Waals surface area (Å²) in [6.07, 6.45) is 0. The molecule has 0 spiro atoms. The molecule has 0 aromatic heterocycles. The summed E-state index contributed by atoms with van der Waals surface area (Å²) in [5.41, 5.74) is 0.819. The van der Waals surface area contributed by atoms with Gasteiger partial charge in [-0.15, -0.1) is 0 Å². The van der Waals surface area contributed by atoms with Gasteiger partial charge < -0.3 is 29.7 Å². The zero-order chi connectivity index (χ0) is 15.8. The third-order valence-corrected chi connectivity index (χ3v) is 3.87. The second-order valence-electron chi connectivity index (χ2n) is 5.06. The van der Waals surface area contributed by atoms with Gasteiger partial charge in [-0.2, -0.15) is 0 Å². The number of benzene rings is 1. The number of nitrogens with one attached hydrogen (secondary N) is 3. The van der Waals surface area contributed by atoms with Gasteiger partial charge in [0.1, 0.15) is 24.6 Å². The third-order valence-electron chi connectivity index (χ3n) is 3.62. The van der Waals surface area contributed by atoms with E-state index in [1.807, 2.05) is 18.2 Å². The summed E-state index contributed by atoms with van der Waals surface area (Å²) in [5.74, 6) is 1.44. The molecule has 0 aliphatic carbocycles. The Morgan fingerprint density at radius 2 is 2.05 bits per heavy atom. The zero-order valence-electron chi connectivity index (χ0n) is 13.1. The number of anilines is 1. The Kier molecular flexibility index (Phi) is 6.70. The van der Waals surface area contributed by atoms with Gasteiger partial charge in [0.05, 0.1) is 46.2 Å². The normalized spacial score (nSPS) is 15.2. The fourth-order valence-corrected chi connectivity index (χ4v) is 2.54. The van der Waals surface area contributed by atoms with Crippen molar-refractivity contribution in [3.8, 4) is 11.5 Å². The van der Waals surface area contributed by atoms with Crippen LogP contribution >= 0.6 is 12.2 Å². The molecule has 0 amide bonds. The lowest BCUT2D eigenvalue weighted by atomic mass is 10.2. The number of rotatable bonds is 6. The fraction of sp³-hybridized carbons (Fsp3) is 0.533. The molecular formula is C15H24N3O3S+. The first kappa shape index (κ1) is 16.8. The molecule has 0 atom stereocenters. The van der Waals surface area contributed by atoms with E-state index in [-0.39, 0.29) is 0 Å². The molecule has 0 saturated carbocycles. The molecule has 0 bridgehead atoms. The van der Waals surface area contributed by atoms with Crippen LogP contribution in [0.15, 0.2) is 18.2 Å². The van der Waals surface area contributed by atoms with Crippen LogP contribution in [0, 0.1) is 0 Å². The van der Waals surface area contributed by atoms with Crippen LogP contribution in [0.4, 0.5) is 5.69 Å². The van der Waals surface area contributed by atoms with Crippen LogP contribution < -0.4 is 25.0 Å². The van der Waals surface area contributed by atoms with Gasteiger partial charge in [-0.3, -0.25) is 0 Å². The number of quaternary nitrogens is 1. The van der Waals surface area contributed by atoms with Crippen LogP contribution in [0.1, 0.15) is 0 Å². The van der Waals surface area contributed by atoms with E-state index in [0.717, 1.165) is 50.8 Å². The van der Waals surface area contributed by atoms with Crippen molar-refractivity contribution in [1.82, 2.24) is 5.32 Å².